The van der Waals surface area contributed by atoms with Crippen LogP contribution >= 0.6 is 0 Å². The fourth-order valence-electron chi connectivity index (χ4n) is 10.1. The Kier molecular flexibility index (Phi) is 7.94. The number of hydrogen-bond acceptors (Lipinski definition) is 1. The van der Waals surface area contributed by atoms with Crippen LogP contribution in [0.25, 0.3) is 66.4 Å². The highest BCUT2D eigenvalue weighted by atomic mass is 15.1. The molecule has 0 amide bonds. The summed E-state index contributed by atoms with van der Waals surface area (Å²) in [4.78, 5) is 2.48. The lowest BCUT2D eigenvalue weighted by Crippen LogP contribution is -2.18. The molecule has 0 spiro atoms. The van der Waals surface area contributed by atoms with E-state index >= 15 is 0 Å². The number of fused-ring (bicyclic) bond motifs is 7. The number of rotatable bonds is 6. The van der Waals surface area contributed by atoms with Crippen molar-refractivity contribution in [2.75, 3.05) is 4.90 Å². The lowest BCUT2D eigenvalue weighted by Gasteiger charge is -2.30. The van der Waals surface area contributed by atoms with Crippen LogP contribution < -0.4 is 4.90 Å². The largest absolute Gasteiger partial charge is 0.310 e. The monoisotopic (exact) mass is 755 g/mol. The van der Waals surface area contributed by atoms with E-state index in [1.807, 2.05) is 0 Å². The zero-order chi connectivity index (χ0) is 39.9. The van der Waals surface area contributed by atoms with Crippen molar-refractivity contribution in [3.05, 3.63) is 222 Å². The summed E-state index contributed by atoms with van der Waals surface area (Å²) >= 11 is 0. The second-order valence-electron chi connectivity index (χ2n) is 17.4. The van der Waals surface area contributed by atoms with Crippen LogP contribution in [0.1, 0.15) is 49.9 Å². The van der Waals surface area contributed by atoms with Gasteiger partial charge in [0.1, 0.15) is 0 Å². The van der Waals surface area contributed by atoms with E-state index < -0.39 is 0 Å². The van der Waals surface area contributed by atoms with E-state index in [9.17, 15) is 0 Å². The van der Waals surface area contributed by atoms with Gasteiger partial charge in [0.05, 0.1) is 0 Å². The molecule has 11 rings (SSSR count). The molecule has 1 heteroatoms. The SMILES string of the molecule is CC1(C)c2ccccc2-c2ccc(N(c3ccc(-c4ccc(-c5ccc6ccccc6c5)cc4)c(-c4ccccc4)c3)c3ccc4c(c3)C(C)(C)c3ccccc3-4)cc21. The standard InChI is InChI=1S/C58H45N/c1-57(2)53-20-12-10-18-48(53)50-32-29-45(36-55(50)57)59(46-30-33-51-49-19-11-13-21-54(49)58(3,4)56(51)37-46)44-28-31-47(52(35-44)40-15-6-5-7-16-40)41-25-22-39(23-26-41)43-27-24-38-14-8-9-17-42(38)34-43/h5-37H,1-4H3. The maximum absolute atomic E-state index is 2.48. The summed E-state index contributed by atoms with van der Waals surface area (Å²) in [6.45, 7) is 9.48. The Morgan fingerprint density at radius 3 is 1.32 bits per heavy atom. The normalized spacial score (nSPS) is 14.0. The first-order valence-corrected chi connectivity index (χ1v) is 20.8. The molecular formula is C58H45N. The average Bonchev–Trinajstić information content (AvgIpc) is 3.65. The fourth-order valence-corrected chi connectivity index (χ4v) is 10.1. The molecule has 2 aliphatic rings. The Hall–Kier alpha value is -6.96. The Labute approximate surface area is 347 Å². The van der Waals surface area contributed by atoms with Gasteiger partial charge >= 0.3 is 0 Å². The van der Waals surface area contributed by atoms with Crippen molar-refractivity contribution in [1.82, 2.24) is 0 Å². The second kappa shape index (κ2) is 13.3. The molecule has 0 saturated heterocycles. The highest BCUT2D eigenvalue weighted by Gasteiger charge is 2.37. The van der Waals surface area contributed by atoms with Crippen molar-refractivity contribution >= 4 is 27.8 Å². The van der Waals surface area contributed by atoms with E-state index in [1.54, 1.807) is 0 Å². The van der Waals surface area contributed by atoms with Gasteiger partial charge in [-0.1, -0.05) is 185 Å². The molecule has 282 valence electrons. The third kappa shape index (κ3) is 5.60. The first-order valence-electron chi connectivity index (χ1n) is 20.8. The molecule has 0 aliphatic heterocycles. The lowest BCUT2D eigenvalue weighted by molar-refractivity contribution is 0.660. The third-order valence-electron chi connectivity index (χ3n) is 13.3. The summed E-state index contributed by atoms with van der Waals surface area (Å²) in [7, 11) is 0. The summed E-state index contributed by atoms with van der Waals surface area (Å²) in [5, 5.41) is 2.52. The van der Waals surface area contributed by atoms with E-state index in [4.69, 9.17) is 0 Å². The van der Waals surface area contributed by atoms with Crippen molar-refractivity contribution in [3.8, 4) is 55.6 Å². The van der Waals surface area contributed by atoms with Crippen LogP contribution in [-0.2, 0) is 10.8 Å². The van der Waals surface area contributed by atoms with Crippen molar-refractivity contribution in [2.45, 2.75) is 38.5 Å². The molecule has 0 fully saturated rings. The van der Waals surface area contributed by atoms with Crippen LogP contribution in [-0.4, -0.2) is 0 Å². The molecule has 9 aromatic rings. The molecule has 0 radical (unpaired) electrons. The van der Waals surface area contributed by atoms with Crippen molar-refractivity contribution in [1.29, 1.82) is 0 Å². The van der Waals surface area contributed by atoms with Crippen LogP contribution in [0, 0.1) is 0 Å². The molecule has 0 atom stereocenters. The molecule has 0 aromatic heterocycles. The highest BCUT2D eigenvalue weighted by Crippen LogP contribution is 2.53. The molecule has 0 saturated carbocycles. The number of hydrogen-bond donors (Lipinski definition) is 0. The Morgan fingerprint density at radius 1 is 0.271 bits per heavy atom. The van der Waals surface area contributed by atoms with Gasteiger partial charge in [-0.15, -0.1) is 0 Å². The van der Waals surface area contributed by atoms with Gasteiger partial charge in [-0.25, -0.2) is 0 Å². The second-order valence-corrected chi connectivity index (χ2v) is 17.4. The Balaban J connectivity index is 1.07. The molecule has 1 nitrogen and oxygen atoms in total. The maximum atomic E-state index is 2.48. The first kappa shape index (κ1) is 35.2. The van der Waals surface area contributed by atoms with Crippen molar-refractivity contribution < 1.29 is 0 Å². The van der Waals surface area contributed by atoms with Gasteiger partial charge in [0.25, 0.3) is 0 Å². The molecule has 9 aromatic carbocycles. The van der Waals surface area contributed by atoms with Crippen LogP contribution in [0.2, 0.25) is 0 Å². The van der Waals surface area contributed by atoms with Crippen LogP contribution in [0.3, 0.4) is 0 Å². The number of anilines is 3. The van der Waals surface area contributed by atoms with E-state index in [0.717, 1.165) is 17.1 Å². The molecule has 59 heavy (non-hydrogen) atoms. The van der Waals surface area contributed by atoms with Crippen LogP contribution in [0.15, 0.2) is 200 Å². The number of nitrogens with zero attached hydrogens (tertiary/aromatic N) is 1. The quantitative estimate of drug-likeness (QED) is 0.163. The zero-order valence-electron chi connectivity index (χ0n) is 34.0. The van der Waals surface area contributed by atoms with Crippen molar-refractivity contribution in [2.24, 2.45) is 0 Å². The van der Waals surface area contributed by atoms with Gasteiger partial charge in [-0.05, 0) is 131 Å². The molecular weight excluding hydrogens is 711 g/mol. The smallest absolute Gasteiger partial charge is 0.0468 e. The Morgan fingerprint density at radius 2 is 0.712 bits per heavy atom. The molecule has 0 unspecified atom stereocenters. The molecule has 0 bridgehead atoms. The van der Waals surface area contributed by atoms with Gasteiger partial charge in [-0.3, -0.25) is 0 Å². The predicted molar refractivity (Wildman–Crippen MR) is 250 cm³/mol. The summed E-state index contributed by atoms with van der Waals surface area (Å²) in [6.07, 6.45) is 0. The summed E-state index contributed by atoms with van der Waals surface area (Å²) < 4.78 is 0. The van der Waals surface area contributed by atoms with Gasteiger partial charge in [0.2, 0.25) is 0 Å². The van der Waals surface area contributed by atoms with Gasteiger partial charge in [-0.2, -0.15) is 0 Å². The number of benzene rings is 9. The van der Waals surface area contributed by atoms with Crippen LogP contribution in [0.5, 0.6) is 0 Å². The molecule has 0 N–H and O–H groups in total. The van der Waals surface area contributed by atoms with Crippen LogP contribution in [0.4, 0.5) is 17.1 Å². The fraction of sp³-hybridized carbons (Fsp3) is 0.103. The summed E-state index contributed by atoms with van der Waals surface area (Å²) in [5.74, 6) is 0. The lowest BCUT2D eigenvalue weighted by atomic mass is 9.82. The van der Waals surface area contributed by atoms with Gasteiger partial charge < -0.3 is 4.90 Å². The first-order chi connectivity index (χ1) is 28.8. The topological polar surface area (TPSA) is 3.24 Å². The summed E-state index contributed by atoms with van der Waals surface area (Å²) in [6, 6.07) is 74.4. The van der Waals surface area contributed by atoms with E-state index in [-0.39, 0.29) is 10.8 Å². The minimum atomic E-state index is -0.118. The molecule has 0 heterocycles. The predicted octanol–water partition coefficient (Wildman–Crippen LogP) is 15.9. The Bertz CT molecular complexity index is 2990. The van der Waals surface area contributed by atoms with Crippen molar-refractivity contribution in [3.63, 3.8) is 0 Å². The van der Waals surface area contributed by atoms with Gasteiger partial charge in [0.15, 0.2) is 0 Å². The minimum absolute atomic E-state index is 0.118. The maximum Gasteiger partial charge on any atom is 0.0468 e. The van der Waals surface area contributed by atoms with E-state index in [0.29, 0.717) is 0 Å². The zero-order valence-corrected chi connectivity index (χ0v) is 34.0. The summed E-state index contributed by atoms with van der Waals surface area (Å²) in [5.41, 5.74) is 21.3. The van der Waals surface area contributed by atoms with E-state index in [1.165, 1.54) is 88.7 Å². The molecule has 2 aliphatic carbocycles. The average molecular weight is 756 g/mol. The van der Waals surface area contributed by atoms with E-state index in [2.05, 4.69) is 233 Å². The van der Waals surface area contributed by atoms with Gasteiger partial charge in [0, 0.05) is 27.9 Å². The highest BCUT2D eigenvalue weighted by molar-refractivity contribution is 5.93. The third-order valence-corrected chi connectivity index (χ3v) is 13.3. The minimum Gasteiger partial charge on any atom is -0.310 e.